The SMILES string of the molecule is CC1=CC=C(c2cccc3c2c2ccccc2n3-c2ccccc2)C2CC12. The summed E-state index contributed by atoms with van der Waals surface area (Å²) in [6, 6.07) is 26.3. The third-order valence-electron chi connectivity index (χ3n) is 6.32. The quantitative estimate of drug-likeness (QED) is 0.377. The van der Waals surface area contributed by atoms with Gasteiger partial charge in [-0.1, -0.05) is 66.3 Å². The number of fused-ring (bicyclic) bond motifs is 4. The molecule has 0 spiro atoms. The van der Waals surface area contributed by atoms with E-state index in [9.17, 15) is 0 Å². The van der Waals surface area contributed by atoms with Crippen LogP contribution in [-0.2, 0) is 0 Å². The Morgan fingerprint density at radius 2 is 1.52 bits per heavy atom. The zero-order valence-electron chi connectivity index (χ0n) is 15.4. The number of hydrogen-bond donors (Lipinski definition) is 0. The van der Waals surface area contributed by atoms with Gasteiger partial charge < -0.3 is 4.57 Å². The molecular weight excluding hydrogens is 326 g/mol. The molecular formula is C26H21N. The smallest absolute Gasteiger partial charge is 0.0547 e. The predicted molar refractivity (Wildman–Crippen MR) is 114 cm³/mol. The second-order valence-electron chi connectivity index (χ2n) is 7.87. The molecule has 6 rings (SSSR count). The maximum atomic E-state index is 2.41. The summed E-state index contributed by atoms with van der Waals surface area (Å²) in [4.78, 5) is 0. The Morgan fingerprint density at radius 1 is 0.741 bits per heavy atom. The minimum Gasteiger partial charge on any atom is -0.309 e. The maximum Gasteiger partial charge on any atom is 0.0547 e. The lowest BCUT2D eigenvalue weighted by molar-refractivity contribution is 0.924. The zero-order valence-corrected chi connectivity index (χ0v) is 15.4. The number of nitrogens with zero attached hydrogens (tertiary/aromatic N) is 1. The van der Waals surface area contributed by atoms with Crippen LogP contribution in [0.25, 0.3) is 33.1 Å². The Labute approximate surface area is 159 Å². The Bertz CT molecular complexity index is 1250. The summed E-state index contributed by atoms with van der Waals surface area (Å²) >= 11 is 0. The average Bonchev–Trinajstić information content (AvgIpc) is 3.45. The molecule has 1 nitrogen and oxygen atoms in total. The summed E-state index contributed by atoms with van der Waals surface area (Å²) in [5.41, 5.74) is 8.27. The Morgan fingerprint density at radius 3 is 2.41 bits per heavy atom. The average molecular weight is 347 g/mol. The molecule has 1 aromatic heterocycles. The van der Waals surface area contributed by atoms with Gasteiger partial charge in [0.25, 0.3) is 0 Å². The summed E-state index contributed by atoms with van der Waals surface area (Å²) in [5, 5.41) is 2.73. The van der Waals surface area contributed by atoms with Crippen molar-refractivity contribution in [2.45, 2.75) is 13.3 Å². The van der Waals surface area contributed by atoms with Gasteiger partial charge in [-0.15, -0.1) is 0 Å². The topological polar surface area (TPSA) is 4.93 Å². The van der Waals surface area contributed by atoms with Gasteiger partial charge in [0.1, 0.15) is 0 Å². The zero-order chi connectivity index (χ0) is 18.0. The van der Waals surface area contributed by atoms with E-state index in [2.05, 4.69) is 96.4 Å². The van der Waals surface area contributed by atoms with Crippen molar-refractivity contribution in [3.8, 4) is 5.69 Å². The lowest BCUT2D eigenvalue weighted by Crippen LogP contribution is -1.97. The van der Waals surface area contributed by atoms with Crippen molar-refractivity contribution in [2.24, 2.45) is 11.8 Å². The van der Waals surface area contributed by atoms with Gasteiger partial charge in [0, 0.05) is 16.5 Å². The largest absolute Gasteiger partial charge is 0.309 e. The van der Waals surface area contributed by atoms with Gasteiger partial charge in [-0.2, -0.15) is 0 Å². The van der Waals surface area contributed by atoms with Gasteiger partial charge in [-0.3, -0.25) is 0 Å². The Hall–Kier alpha value is -3.06. The minimum absolute atomic E-state index is 0.708. The highest BCUT2D eigenvalue weighted by atomic mass is 15.0. The summed E-state index contributed by atoms with van der Waals surface area (Å²) in [7, 11) is 0. The molecule has 130 valence electrons. The van der Waals surface area contributed by atoms with Crippen molar-refractivity contribution in [1.29, 1.82) is 0 Å². The van der Waals surface area contributed by atoms with Gasteiger partial charge in [0.2, 0.25) is 0 Å². The second-order valence-corrected chi connectivity index (χ2v) is 7.87. The van der Waals surface area contributed by atoms with Gasteiger partial charge in [0.15, 0.2) is 0 Å². The van der Waals surface area contributed by atoms with E-state index in [0.717, 1.165) is 5.92 Å². The lowest BCUT2D eigenvalue weighted by atomic mass is 9.91. The monoisotopic (exact) mass is 347 g/mol. The maximum absolute atomic E-state index is 2.41. The van der Waals surface area contributed by atoms with Crippen LogP contribution in [0.2, 0.25) is 0 Å². The fraction of sp³-hybridized carbons (Fsp3) is 0.154. The molecule has 27 heavy (non-hydrogen) atoms. The predicted octanol–water partition coefficient (Wildman–Crippen LogP) is 6.76. The van der Waals surface area contributed by atoms with Gasteiger partial charge in [0.05, 0.1) is 11.0 Å². The molecule has 1 heterocycles. The van der Waals surface area contributed by atoms with E-state index in [-0.39, 0.29) is 0 Å². The van der Waals surface area contributed by atoms with E-state index in [1.165, 1.54) is 45.1 Å². The van der Waals surface area contributed by atoms with Crippen molar-refractivity contribution in [3.63, 3.8) is 0 Å². The third kappa shape index (κ3) is 2.12. The molecule has 1 saturated carbocycles. The molecule has 2 atom stereocenters. The van der Waals surface area contributed by atoms with Crippen LogP contribution >= 0.6 is 0 Å². The fourth-order valence-corrected chi connectivity index (χ4v) is 4.92. The van der Waals surface area contributed by atoms with Gasteiger partial charge in [-0.05, 0) is 60.6 Å². The molecule has 2 aliphatic carbocycles. The molecule has 0 saturated heterocycles. The van der Waals surface area contributed by atoms with Crippen LogP contribution < -0.4 is 0 Å². The van der Waals surface area contributed by atoms with Gasteiger partial charge >= 0.3 is 0 Å². The molecule has 0 radical (unpaired) electrons. The number of allylic oxidation sites excluding steroid dienone is 4. The number of hydrogen-bond acceptors (Lipinski definition) is 0. The fourth-order valence-electron chi connectivity index (χ4n) is 4.92. The van der Waals surface area contributed by atoms with Crippen molar-refractivity contribution in [3.05, 3.63) is 96.1 Å². The van der Waals surface area contributed by atoms with E-state index in [4.69, 9.17) is 0 Å². The van der Waals surface area contributed by atoms with Crippen molar-refractivity contribution >= 4 is 27.4 Å². The Kier molecular flexibility index (Phi) is 3.05. The highest BCUT2D eigenvalue weighted by Crippen LogP contribution is 2.55. The number of benzene rings is 3. The summed E-state index contributed by atoms with van der Waals surface area (Å²) < 4.78 is 2.41. The molecule has 1 heteroatoms. The first-order chi connectivity index (χ1) is 13.3. The van der Waals surface area contributed by atoms with Crippen LogP contribution in [-0.4, -0.2) is 4.57 Å². The van der Waals surface area contributed by atoms with Crippen LogP contribution in [0.4, 0.5) is 0 Å². The van der Waals surface area contributed by atoms with Crippen molar-refractivity contribution < 1.29 is 0 Å². The van der Waals surface area contributed by atoms with Crippen LogP contribution in [0, 0.1) is 11.8 Å². The summed E-state index contributed by atoms with van der Waals surface area (Å²) in [6.45, 7) is 2.28. The molecule has 2 unspecified atom stereocenters. The highest BCUT2D eigenvalue weighted by Gasteiger charge is 2.43. The summed E-state index contributed by atoms with van der Waals surface area (Å²) in [5.74, 6) is 1.47. The minimum atomic E-state index is 0.708. The first-order valence-electron chi connectivity index (χ1n) is 9.79. The van der Waals surface area contributed by atoms with E-state index in [0.29, 0.717) is 5.92 Å². The normalized spacial score (nSPS) is 21.1. The number of para-hydroxylation sites is 2. The molecule has 2 aliphatic rings. The second kappa shape index (κ2) is 5.47. The molecule has 0 aliphatic heterocycles. The molecule has 0 N–H and O–H groups in total. The van der Waals surface area contributed by atoms with Crippen molar-refractivity contribution in [1.82, 2.24) is 4.57 Å². The third-order valence-corrected chi connectivity index (χ3v) is 6.32. The van der Waals surface area contributed by atoms with Gasteiger partial charge in [-0.25, -0.2) is 0 Å². The first kappa shape index (κ1) is 15.0. The summed E-state index contributed by atoms with van der Waals surface area (Å²) in [6.07, 6.45) is 6.01. The molecule has 0 amide bonds. The number of aromatic nitrogens is 1. The van der Waals surface area contributed by atoms with E-state index in [1.807, 2.05) is 0 Å². The molecule has 0 bridgehead atoms. The highest BCUT2D eigenvalue weighted by molar-refractivity contribution is 6.14. The molecule has 1 fully saturated rings. The van der Waals surface area contributed by atoms with E-state index < -0.39 is 0 Å². The lowest BCUT2D eigenvalue weighted by Gasteiger charge is -2.14. The number of rotatable bonds is 2. The molecule has 4 aromatic rings. The van der Waals surface area contributed by atoms with Crippen LogP contribution in [0.15, 0.2) is 90.5 Å². The Balaban J connectivity index is 1.72. The van der Waals surface area contributed by atoms with Crippen LogP contribution in [0.1, 0.15) is 18.9 Å². The van der Waals surface area contributed by atoms with E-state index in [1.54, 1.807) is 5.57 Å². The molecule has 3 aromatic carbocycles. The van der Waals surface area contributed by atoms with Crippen LogP contribution in [0.3, 0.4) is 0 Å². The van der Waals surface area contributed by atoms with Crippen molar-refractivity contribution in [2.75, 3.05) is 0 Å². The standard InChI is InChI=1S/C26H21N/c1-17-14-15-19(23-16-22(17)23)20-11-7-13-25-26(20)21-10-5-6-12-24(21)27(25)18-8-3-2-4-9-18/h2-15,22-23H,16H2,1H3. The van der Waals surface area contributed by atoms with Crippen LogP contribution in [0.5, 0.6) is 0 Å². The first-order valence-corrected chi connectivity index (χ1v) is 9.79. The van der Waals surface area contributed by atoms with E-state index >= 15 is 0 Å².